The average molecular weight is 326 g/mol. The fourth-order valence-electron chi connectivity index (χ4n) is 1.73. The molecule has 0 bridgehead atoms. The van der Waals surface area contributed by atoms with E-state index in [0.717, 1.165) is 17.0 Å². The zero-order chi connectivity index (χ0) is 15.8. The minimum Gasteiger partial charge on any atom is -0.325 e. The Morgan fingerprint density at radius 3 is 2.43 bits per heavy atom. The summed E-state index contributed by atoms with van der Waals surface area (Å²) >= 11 is 7.37. The van der Waals surface area contributed by atoms with E-state index < -0.39 is 0 Å². The molecular weight excluding hydrogens is 305 g/mol. The van der Waals surface area contributed by atoms with E-state index in [1.807, 2.05) is 13.8 Å². The second-order valence-electron chi connectivity index (χ2n) is 4.28. The van der Waals surface area contributed by atoms with Crippen molar-refractivity contribution in [2.45, 2.75) is 39.0 Å². The van der Waals surface area contributed by atoms with Crippen molar-refractivity contribution in [1.29, 1.82) is 0 Å². The zero-order valence-corrected chi connectivity index (χ0v) is 14.4. The van der Waals surface area contributed by atoms with Crippen molar-refractivity contribution in [3.05, 3.63) is 58.4 Å². The average Bonchev–Trinajstić information content (AvgIpc) is 2.49. The van der Waals surface area contributed by atoms with Crippen LogP contribution >= 0.6 is 23.5 Å². The van der Waals surface area contributed by atoms with Gasteiger partial charge in [-0.15, -0.1) is 0 Å². The summed E-state index contributed by atoms with van der Waals surface area (Å²) in [5, 5.41) is 0.417. The molecule has 2 aromatic carbocycles. The van der Waals surface area contributed by atoms with Crippen LogP contribution in [0.1, 0.15) is 31.9 Å². The summed E-state index contributed by atoms with van der Waals surface area (Å²) < 4.78 is 16.2. The van der Waals surface area contributed by atoms with Gasteiger partial charge in [0, 0.05) is 10.6 Å². The standard InChI is InChI=1S/C15H15ClFNS.C2H6/c1-3-11-4-6-14(10(2)8-11)18-19-15-7-5-12(17)9-13(15)16;1-2/h4-9,18H,3H2,1-2H3;1-2H3. The van der Waals surface area contributed by atoms with Crippen LogP contribution in [0.5, 0.6) is 0 Å². The molecule has 0 atom stereocenters. The van der Waals surface area contributed by atoms with Crippen LogP contribution in [0.2, 0.25) is 5.02 Å². The van der Waals surface area contributed by atoms with Gasteiger partial charge in [0.25, 0.3) is 0 Å². The summed E-state index contributed by atoms with van der Waals surface area (Å²) in [4.78, 5) is 0.807. The number of hydrogen-bond acceptors (Lipinski definition) is 2. The summed E-state index contributed by atoms with van der Waals surface area (Å²) in [7, 11) is 0. The molecule has 0 radical (unpaired) electrons. The molecule has 2 rings (SSSR count). The van der Waals surface area contributed by atoms with Gasteiger partial charge in [0.05, 0.1) is 5.02 Å². The highest BCUT2D eigenvalue weighted by Crippen LogP contribution is 2.30. The molecule has 0 aromatic heterocycles. The Bertz CT molecular complexity index is 587. The summed E-state index contributed by atoms with van der Waals surface area (Å²) in [5.41, 5.74) is 3.54. The molecule has 0 aliphatic carbocycles. The highest BCUT2D eigenvalue weighted by atomic mass is 35.5. The van der Waals surface area contributed by atoms with E-state index in [-0.39, 0.29) is 5.82 Å². The number of nitrogens with one attached hydrogen (secondary N) is 1. The van der Waals surface area contributed by atoms with Gasteiger partial charge in [-0.3, -0.25) is 0 Å². The molecule has 21 heavy (non-hydrogen) atoms. The Kier molecular flexibility index (Phi) is 7.62. The second-order valence-corrected chi connectivity index (χ2v) is 5.54. The summed E-state index contributed by atoms with van der Waals surface area (Å²) in [6.45, 7) is 8.20. The molecule has 0 fully saturated rings. The number of hydrogen-bond donors (Lipinski definition) is 1. The van der Waals surface area contributed by atoms with Gasteiger partial charge in [-0.25, -0.2) is 4.39 Å². The van der Waals surface area contributed by atoms with E-state index in [1.165, 1.54) is 35.2 Å². The summed E-state index contributed by atoms with van der Waals surface area (Å²) in [6.07, 6.45) is 1.03. The first-order chi connectivity index (χ1) is 10.1. The van der Waals surface area contributed by atoms with E-state index in [9.17, 15) is 4.39 Å². The molecule has 0 saturated carbocycles. The monoisotopic (exact) mass is 325 g/mol. The Morgan fingerprint density at radius 2 is 1.86 bits per heavy atom. The lowest BCUT2D eigenvalue weighted by molar-refractivity contribution is 0.626. The van der Waals surface area contributed by atoms with Crippen molar-refractivity contribution in [1.82, 2.24) is 0 Å². The molecular formula is C17H21ClFNS. The van der Waals surface area contributed by atoms with E-state index in [1.54, 1.807) is 6.07 Å². The molecule has 0 heterocycles. The van der Waals surface area contributed by atoms with Crippen molar-refractivity contribution < 1.29 is 4.39 Å². The van der Waals surface area contributed by atoms with E-state index in [0.29, 0.717) is 5.02 Å². The van der Waals surface area contributed by atoms with E-state index >= 15 is 0 Å². The summed E-state index contributed by atoms with van der Waals surface area (Å²) in [5.74, 6) is -0.321. The molecule has 0 aliphatic heterocycles. The Hall–Kier alpha value is -1.19. The summed E-state index contributed by atoms with van der Waals surface area (Å²) in [6, 6.07) is 10.7. The zero-order valence-electron chi connectivity index (χ0n) is 12.8. The maximum Gasteiger partial charge on any atom is 0.124 e. The fourth-order valence-corrected chi connectivity index (χ4v) is 2.75. The molecule has 114 valence electrons. The second kappa shape index (κ2) is 8.96. The number of anilines is 1. The van der Waals surface area contributed by atoms with Crippen molar-refractivity contribution in [3.8, 4) is 0 Å². The van der Waals surface area contributed by atoms with Crippen molar-refractivity contribution in [2.75, 3.05) is 4.72 Å². The van der Waals surface area contributed by atoms with Crippen LogP contribution in [0.15, 0.2) is 41.3 Å². The highest BCUT2D eigenvalue weighted by Gasteiger charge is 2.04. The Morgan fingerprint density at radius 1 is 1.14 bits per heavy atom. The van der Waals surface area contributed by atoms with Gasteiger partial charge in [-0.05, 0) is 60.7 Å². The van der Waals surface area contributed by atoms with Crippen molar-refractivity contribution >= 4 is 29.2 Å². The lowest BCUT2D eigenvalue weighted by atomic mass is 10.1. The Balaban J connectivity index is 0.00000106. The molecule has 0 spiro atoms. The van der Waals surface area contributed by atoms with E-state index in [4.69, 9.17) is 11.6 Å². The minimum atomic E-state index is -0.321. The van der Waals surface area contributed by atoms with Gasteiger partial charge >= 0.3 is 0 Å². The van der Waals surface area contributed by atoms with Crippen LogP contribution in [-0.4, -0.2) is 0 Å². The third kappa shape index (κ3) is 5.25. The number of rotatable bonds is 4. The van der Waals surface area contributed by atoms with Crippen LogP contribution in [0.3, 0.4) is 0 Å². The van der Waals surface area contributed by atoms with Crippen molar-refractivity contribution in [3.63, 3.8) is 0 Å². The van der Waals surface area contributed by atoms with Gasteiger partial charge in [-0.1, -0.05) is 44.5 Å². The lowest BCUT2D eigenvalue weighted by Crippen LogP contribution is -1.92. The van der Waals surface area contributed by atoms with Gasteiger partial charge < -0.3 is 4.72 Å². The molecule has 0 amide bonds. The topological polar surface area (TPSA) is 12.0 Å². The highest BCUT2D eigenvalue weighted by molar-refractivity contribution is 8.00. The predicted molar refractivity (Wildman–Crippen MR) is 92.8 cm³/mol. The van der Waals surface area contributed by atoms with Gasteiger partial charge in [-0.2, -0.15) is 0 Å². The maximum absolute atomic E-state index is 12.9. The number of halogens is 2. The molecule has 1 N–H and O–H groups in total. The fraction of sp³-hybridized carbons (Fsp3) is 0.294. The number of aryl methyl sites for hydroxylation is 2. The third-order valence-electron chi connectivity index (χ3n) is 2.86. The van der Waals surface area contributed by atoms with Crippen LogP contribution in [0, 0.1) is 12.7 Å². The first-order valence-electron chi connectivity index (χ1n) is 7.07. The minimum absolute atomic E-state index is 0.321. The van der Waals surface area contributed by atoms with Crippen LogP contribution in [-0.2, 0) is 6.42 Å². The molecule has 0 unspecified atom stereocenters. The van der Waals surface area contributed by atoms with E-state index in [2.05, 4.69) is 36.8 Å². The van der Waals surface area contributed by atoms with Crippen LogP contribution in [0.25, 0.3) is 0 Å². The molecule has 2 aromatic rings. The smallest absolute Gasteiger partial charge is 0.124 e. The SMILES string of the molecule is CC.CCc1ccc(NSc2ccc(F)cc2Cl)c(C)c1. The first kappa shape index (κ1) is 17.9. The van der Waals surface area contributed by atoms with Crippen molar-refractivity contribution in [2.24, 2.45) is 0 Å². The quantitative estimate of drug-likeness (QED) is 0.644. The van der Waals surface area contributed by atoms with Gasteiger partial charge in [0.1, 0.15) is 5.82 Å². The molecule has 4 heteroatoms. The number of benzene rings is 2. The largest absolute Gasteiger partial charge is 0.325 e. The van der Waals surface area contributed by atoms with Gasteiger partial charge in [0.15, 0.2) is 0 Å². The normalized spacial score (nSPS) is 9.81. The maximum atomic E-state index is 12.9. The third-order valence-corrected chi connectivity index (χ3v) is 4.19. The van der Waals surface area contributed by atoms with Crippen LogP contribution < -0.4 is 4.72 Å². The molecule has 1 nitrogen and oxygen atoms in total. The van der Waals surface area contributed by atoms with Gasteiger partial charge in [0.2, 0.25) is 0 Å². The van der Waals surface area contributed by atoms with Crippen LogP contribution in [0.4, 0.5) is 10.1 Å². The Labute approximate surface area is 136 Å². The lowest BCUT2D eigenvalue weighted by Gasteiger charge is -2.10. The predicted octanol–water partition coefficient (Wildman–Crippen LogP) is 6.50. The molecule has 0 aliphatic rings. The first-order valence-corrected chi connectivity index (χ1v) is 8.27. The molecule has 0 saturated heterocycles.